The fourth-order valence-corrected chi connectivity index (χ4v) is 1.21. The fraction of sp³-hybridized carbons (Fsp3) is 0.667. The SMILES string of the molecule is C=C(C)COP(OC(F)(F)F)OC(F)(F)F. The highest BCUT2D eigenvalue weighted by Crippen LogP contribution is 2.49. The average molecular weight is 272 g/mol. The Morgan fingerprint density at radius 3 is 1.69 bits per heavy atom. The minimum atomic E-state index is -5.27. The summed E-state index contributed by atoms with van der Waals surface area (Å²) in [5.41, 5.74) is 0.226. The van der Waals surface area contributed by atoms with Gasteiger partial charge in [0.15, 0.2) is 0 Å². The lowest BCUT2D eigenvalue weighted by atomic mass is 10.4. The molecule has 0 heterocycles. The molecule has 0 fully saturated rings. The number of rotatable bonds is 5. The second-order valence-electron chi connectivity index (χ2n) is 2.53. The van der Waals surface area contributed by atoms with Gasteiger partial charge in [-0.05, 0) is 6.92 Å². The van der Waals surface area contributed by atoms with Crippen molar-refractivity contribution in [3.8, 4) is 0 Å². The van der Waals surface area contributed by atoms with E-state index in [9.17, 15) is 26.3 Å². The molecule has 0 bridgehead atoms. The summed E-state index contributed by atoms with van der Waals surface area (Å²) in [7, 11) is -3.58. The van der Waals surface area contributed by atoms with Crippen molar-refractivity contribution in [1.82, 2.24) is 0 Å². The molecule has 0 aliphatic carbocycles. The van der Waals surface area contributed by atoms with E-state index in [4.69, 9.17) is 0 Å². The van der Waals surface area contributed by atoms with E-state index >= 15 is 0 Å². The van der Waals surface area contributed by atoms with Crippen molar-refractivity contribution in [2.24, 2.45) is 0 Å². The average Bonchev–Trinajstić information content (AvgIpc) is 1.93. The molecule has 0 spiro atoms. The van der Waals surface area contributed by atoms with Crippen LogP contribution in [0.3, 0.4) is 0 Å². The molecule has 0 aromatic rings. The summed E-state index contributed by atoms with van der Waals surface area (Å²) in [6.07, 6.45) is -10.5. The van der Waals surface area contributed by atoms with Gasteiger partial charge in [-0.3, -0.25) is 0 Å². The molecule has 0 rings (SSSR count). The summed E-state index contributed by atoms with van der Waals surface area (Å²) in [4.78, 5) is 0. The maximum absolute atomic E-state index is 11.6. The number of alkyl halides is 6. The molecule has 96 valence electrons. The third-order valence-corrected chi connectivity index (χ3v) is 1.82. The Morgan fingerprint density at radius 2 is 1.44 bits per heavy atom. The molecule has 0 aliphatic heterocycles. The highest BCUT2D eigenvalue weighted by molar-refractivity contribution is 7.41. The molecule has 0 amide bonds. The van der Waals surface area contributed by atoms with Crippen molar-refractivity contribution < 1.29 is 39.9 Å². The molecule has 0 N–H and O–H groups in total. The highest BCUT2D eigenvalue weighted by Gasteiger charge is 2.43. The molecule has 0 saturated carbocycles. The lowest BCUT2D eigenvalue weighted by Crippen LogP contribution is -2.17. The van der Waals surface area contributed by atoms with E-state index in [1.807, 2.05) is 0 Å². The molecule has 10 heteroatoms. The summed E-state index contributed by atoms with van der Waals surface area (Å²) in [6, 6.07) is 0. The van der Waals surface area contributed by atoms with Gasteiger partial charge in [-0.25, -0.2) is 9.05 Å². The predicted octanol–water partition coefficient (Wildman–Crippen LogP) is 3.88. The summed E-state index contributed by atoms with van der Waals surface area (Å²) in [6.45, 7) is 4.06. The standard InChI is InChI=1S/C6H7F6O3P/c1-4(2)3-13-16(14-5(7,8)9)15-6(10,11)12/h1,3H2,2H3. The van der Waals surface area contributed by atoms with Crippen LogP contribution in [0.25, 0.3) is 0 Å². The summed E-state index contributed by atoms with van der Waals surface area (Å²) >= 11 is 0. The predicted molar refractivity (Wildman–Crippen MR) is 42.0 cm³/mol. The minimum Gasteiger partial charge on any atom is -0.307 e. The maximum atomic E-state index is 11.6. The van der Waals surface area contributed by atoms with Crippen molar-refractivity contribution in [3.05, 3.63) is 12.2 Å². The quantitative estimate of drug-likeness (QED) is 0.432. The first-order valence-corrected chi connectivity index (χ1v) is 4.68. The zero-order chi connectivity index (χ0) is 13.0. The van der Waals surface area contributed by atoms with Crippen LogP contribution < -0.4 is 0 Å². The molecule has 0 aromatic carbocycles. The Hall–Kier alpha value is -0.370. The van der Waals surface area contributed by atoms with E-state index in [0.29, 0.717) is 0 Å². The second-order valence-corrected chi connectivity index (χ2v) is 3.60. The van der Waals surface area contributed by atoms with Crippen molar-refractivity contribution in [3.63, 3.8) is 0 Å². The zero-order valence-electron chi connectivity index (χ0n) is 7.85. The van der Waals surface area contributed by atoms with Crippen LogP contribution in [0.5, 0.6) is 0 Å². The van der Waals surface area contributed by atoms with Crippen LogP contribution in [0.2, 0.25) is 0 Å². The van der Waals surface area contributed by atoms with Gasteiger partial charge in [0.25, 0.3) is 0 Å². The smallest absolute Gasteiger partial charge is 0.307 e. The van der Waals surface area contributed by atoms with Gasteiger partial charge in [-0.1, -0.05) is 12.2 Å². The van der Waals surface area contributed by atoms with Crippen molar-refractivity contribution in [1.29, 1.82) is 0 Å². The Morgan fingerprint density at radius 1 is 1.06 bits per heavy atom. The van der Waals surface area contributed by atoms with Crippen LogP contribution in [0.15, 0.2) is 12.2 Å². The van der Waals surface area contributed by atoms with E-state index in [-0.39, 0.29) is 5.57 Å². The van der Waals surface area contributed by atoms with Gasteiger partial charge >= 0.3 is 21.3 Å². The normalized spacial score (nSPS) is 13.2. The van der Waals surface area contributed by atoms with E-state index < -0.39 is 27.9 Å². The molecule has 0 saturated heterocycles. The van der Waals surface area contributed by atoms with E-state index in [2.05, 4.69) is 20.2 Å². The summed E-state index contributed by atoms with van der Waals surface area (Å²) < 4.78 is 80.1. The summed E-state index contributed by atoms with van der Waals surface area (Å²) in [5, 5.41) is 0. The van der Waals surface area contributed by atoms with Crippen LogP contribution in [0, 0.1) is 0 Å². The van der Waals surface area contributed by atoms with Crippen LogP contribution >= 0.6 is 8.60 Å². The number of hydrogen-bond acceptors (Lipinski definition) is 3. The second kappa shape index (κ2) is 5.81. The molecule has 0 atom stereocenters. The van der Waals surface area contributed by atoms with Crippen molar-refractivity contribution >= 4 is 8.60 Å². The molecular weight excluding hydrogens is 265 g/mol. The first-order valence-electron chi connectivity index (χ1n) is 3.59. The van der Waals surface area contributed by atoms with E-state index in [1.165, 1.54) is 6.92 Å². The fourth-order valence-electron chi connectivity index (χ4n) is 0.403. The molecular formula is C6H7F6O3P. The molecule has 16 heavy (non-hydrogen) atoms. The van der Waals surface area contributed by atoms with Crippen LogP contribution in [-0.4, -0.2) is 19.3 Å². The van der Waals surface area contributed by atoms with E-state index in [0.717, 1.165) is 0 Å². The first-order chi connectivity index (χ1) is 6.99. The highest BCUT2D eigenvalue weighted by atomic mass is 31.2. The maximum Gasteiger partial charge on any atom is 0.529 e. The molecule has 3 nitrogen and oxygen atoms in total. The molecule has 0 aliphatic rings. The first kappa shape index (κ1) is 15.6. The van der Waals surface area contributed by atoms with Gasteiger partial charge in [-0.2, -0.15) is 0 Å². The molecule has 0 unspecified atom stereocenters. The molecule has 0 aromatic heterocycles. The van der Waals surface area contributed by atoms with Crippen LogP contribution in [0.4, 0.5) is 26.3 Å². The van der Waals surface area contributed by atoms with Gasteiger partial charge in [0.1, 0.15) is 0 Å². The Balaban J connectivity index is 4.33. The largest absolute Gasteiger partial charge is 0.529 e. The number of hydrogen-bond donors (Lipinski definition) is 0. The topological polar surface area (TPSA) is 27.7 Å². The lowest BCUT2D eigenvalue weighted by Gasteiger charge is -2.18. The Kier molecular flexibility index (Phi) is 5.67. The van der Waals surface area contributed by atoms with Crippen LogP contribution in [0.1, 0.15) is 6.92 Å². The van der Waals surface area contributed by atoms with Gasteiger partial charge in [-0.15, -0.1) is 26.3 Å². The zero-order valence-corrected chi connectivity index (χ0v) is 8.75. The van der Waals surface area contributed by atoms with Gasteiger partial charge in [0.2, 0.25) is 0 Å². The third-order valence-electron chi connectivity index (χ3n) is 0.772. The van der Waals surface area contributed by atoms with Crippen molar-refractivity contribution in [2.45, 2.75) is 19.6 Å². The Bertz CT molecular complexity index is 221. The summed E-state index contributed by atoms with van der Waals surface area (Å²) in [5.74, 6) is 0. The Labute approximate surface area is 88.0 Å². The van der Waals surface area contributed by atoms with Gasteiger partial charge in [0.05, 0.1) is 6.61 Å². The minimum absolute atomic E-state index is 0.226. The monoisotopic (exact) mass is 272 g/mol. The van der Waals surface area contributed by atoms with Gasteiger partial charge < -0.3 is 4.52 Å². The third kappa shape index (κ3) is 10.2. The molecule has 0 radical (unpaired) electrons. The van der Waals surface area contributed by atoms with E-state index in [1.54, 1.807) is 0 Å². The van der Waals surface area contributed by atoms with Gasteiger partial charge in [0, 0.05) is 0 Å². The van der Waals surface area contributed by atoms with Crippen molar-refractivity contribution in [2.75, 3.05) is 6.61 Å². The number of halogens is 6. The lowest BCUT2D eigenvalue weighted by molar-refractivity contribution is -0.308. The van der Waals surface area contributed by atoms with Crippen LogP contribution in [-0.2, 0) is 13.6 Å².